The standard InChI is InChI=1S/C18H26N2O2.C12H20O2.C9H21N.C3H8/c1-14(2)20-18(22)16(4)12-9-11-15(3)10-7-6-8-13-17(21)19-5;1-5-10(3)11(4)8-7-9-12(13)14-6-2;1-9(2)7-5-6-8-10(3)4;1-3-2/h9,11-12,14H,3,6,8,13H2,1-2,4-5H3,(H,19,21)(H,20,22);5,7-9,12-13H,6H2,1-4H3;9H,5-8H2,1-4H3;3H2,1-2H3/b11-9-,16-12+;9-7+,10-5-,11-8-;;. The summed E-state index contributed by atoms with van der Waals surface area (Å²) in [6.45, 7) is 27.9. The number of aliphatic hydroxyl groups excluding tert-OH is 1. The van der Waals surface area contributed by atoms with E-state index in [2.05, 4.69) is 88.7 Å². The summed E-state index contributed by atoms with van der Waals surface area (Å²) in [4.78, 5) is 24.9. The third kappa shape index (κ3) is 44.8. The van der Waals surface area contributed by atoms with E-state index in [1.807, 2.05) is 46.8 Å². The van der Waals surface area contributed by atoms with Gasteiger partial charge in [-0.3, -0.25) is 9.59 Å². The molecule has 0 heterocycles. The van der Waals surface area contributed by atoms with Gasteiger partial charge in [0.1, 0.15) is 0 Å². The molecule has 7 nitrogen and oxygen atoms in total. The van der Waals surface area contributed by atoms with Gasteiger partial charge >= 0.3 is 0 Å². The van der Waals surface area contributed by atoms with E-state index >= 15 is 0 Å². The minimum Gasteiger partial charge on any atom is -0.365 e. The fourth-order valence-corrected chi connectivity index (χ4v) is 3.30. The minimum absolute atomic E-state index is 0.0285. The predicted octanol–water partition coefficient (Wildman–Crippen LogP) is 9.09. The first-order valence-corrected chi connectivity index (χ1v) is 18.0. The SMILES string of the molecule is C=C(C#CCCCC(=O)NC)/C=C\C=C(/C)C(=O)NC(C)C.CC(C)CCCCN(C)C.CCC.C\C=C(C)/C(C)=C\C=C\C(O)OCC. The Balaban J connectivity index is -0.000000320. The molecule has 0 aliphatic carbocycles. The first-order chi connectivity index (χ1) is 23.0. The molecule has 0 saturated carbocycles. The number of ether oxygens (including phenoxy) is 1. The van der Waals surface area contributed by atoms with E-state index in [1.54, 1.807) is 38.3 Å². The molecule has 1 atom stereocenters. The van der Waals surface area contributed by atoms with Crippen molar-refractivity contribution in [2.45, 2.75) is 133 Å². The Kier molecular flexibility index (Phi) is 40.4. The molecule has 49 heavy (non-hydrogen) atoms. The van der Waals surface area contributed by atoms with E-state index in [0.717, 1.165) is 12.3 Å². The van der Waals surface area contributed by atoms with Crippen molar-refractivity contribution in [2.24, 2.45) is 5.92 Å². The van der Waals surface area contributed by atoms with Gasteiger partial charge in [0.2, 0.25) is 11.8 Å². The van der Waals surface area contributed by atoms with Crippen molar-refractivity contribution in [1.29, 1.82) is 0 Å². The van der Waals surface area contributed by atoms with Gasteiger partial charge in [-0.2, -0.15) is 0 Å². The summed E-state index contributed by atoms with van der Waals surface area (Å²) in [6.07, 6.45) is 19.1. The van der Waals surface area contributed by atoms with Crippen LogP contribution in [0.4, 0.5) is 0 Å². The lowest BCUT2D eigenvalue weighted by Gasteiger charge is -2.09. The molecule has 0 bridgehead atoms. The molecular weight excluding hydrogens is 610 g/mol. The summed E-state index contributed by atoms with van der Waals surface area (Å²) < 4.78 is 4.94. The Morgan fingerprint density at radius 2 is 1.53 bits per heavy atom. The molecule has 0 aliphatic heterocycles. The summed E-state index contributed by atoms with van der Waals surface area (Å²) in [5.74, 6) is 6.71. The first kappa shape index (κ1) is 52.6. The lowest BCUT2D eigenvalue weighted by atomic mass is 10.1. The van der Waals surface area contributed by atoms with Crippen LogP contribution in [0.25, 0.3) is 0 Å². The molecule has 1 unspecified atom stereocenters. The van der Waals surface area contributed by atoms with Gasteiger partial charge in [-0.15, -0.1) is 0 Å². The second-order valence-electron chi connectivity index (χ2n) is 12.6. The van der Waals surface area contributed by atoms with Gasteiger partial charge < -0.3 is 25.4 Å². The van der Waals surface area contributed by atoms with Crippen molar-refractivity contribution >= 4 is 11.8 Å². The number of nitrogens with zero attached hydrogens (tertiary/aromatic N) is 1. The van der Waals surface area contributed by atoms with Gasteiger partial charge in [0, 0.05) is 43.7 Å². The van der Waals surface area contributed by atoms with E-state index < -0.39 is 6.29 Å². The van der Waals surface area contributed by atoms with Crippen LogP contribution in [0.5, 0.6) is 0 Å². The second kappa shape index (κ2) is 37.6. The Morgan fingerprint density at radius 1 is 0.939 bits per heavy atom. The van der Waals surface area contributed by atoms with Gasteiger partial charge in [-0.1, -0.05) is 101 Å². The highest BCUT2D eigenvalue weighted by Crippen LogP contribution is 2.08. The van der Waals surface area contributed by atoms with Crippen LogP contribution >= 0.6 is 0 Å². The number of hydrogen-bond acceptors (Lipinski definition) is 5. The fourth-order valence-electron chi connectivity index (χ4n) is 3.30. The normalized spacial score (nSPS) is 12.3. The van der Waals surface area contributed by atoms with Gasteiger partial charge in [0.25, 0.3) is 0 Å². The second-order valence-corrected chi connectivity index (χ2v) is 12.6. The van der Waals surface area contributed by atoms with Crippen LogP contribution in [0.3, 0.4) is 0 Å². The van der Waals surface area contributed by atoms with Crippen molar-refractivity contribution < 1.29 is 19.4 Å². The number of aliphatic hydroxyl groups is 1. The van der Waals surface area contributed by atoms with Crippen LogP contribution in [0.1, 0.15) is 121 Å². The molecule has 0 saturated heterocycles. The van der Waals surface area contributed by atoms with E-state index in [-0.39, 0.29) is 17.9 Å². The number of nitrogens with one attached hydrogen (secondary N) is 2. The zero-order chi connectivity index (χ0) is 38.6. The van der Waals surface area contributed by atoms with Gasteiger partial charge in [0.15, 0.2) is 6.29 Å². The first-order valence-electron chi connectivity index (χ1n) is 18.0. The fraction of sp³-hybridized carbons (Fsp3) is 0.619. The highest BCUT2D eigenvalue weighted by atomic mass is 16.6. The van der Waals surface area contributed by atoms with Crippen molar-refractivity contribution in [2.75, 3.05) is 34.3 Å². The minimum atomic E-state index is -0.796. The van der Waals surface area contributed by atoms with Crippen LogP contribution in [0.15, 0.2) is 71.4 Å². The highest BCUT2D eigenvalue weighted by Gasteiger charge is 2.03. The summed E-state index contributed by atoms with van der Waals surface area (Å²) in [5, 5.41) is 14.6. The van der Waals surface area contributed by atoms with Crippen LogP contribution in [0, 0.1) is 17.8 Å². The number of amides is 2. The number of carbonyl (C=O) groups is 2. The molecule has 282 valence electrons. The van der Waals surface area contributed by atoms with Crippen LogP contribution < -0.4 is 10.6 Å². The maximum Gasteiger partial charge on any atom is 0.247 e. The van der Waals surface area contributed by atoms with Gasteiger partial charge in [0.05, 0.1) is 0 Å². The van der Waals surface area contributed by atoms with Crippen molar-refractivity contribution in [3.63, 3.8) is 0 Å². The van der Waals surface area contributed by atoms with E-state index in [1.165, 1.54) is 43.4 Å². The molecule has 0 spiro atoms. The lowest BCUT2D eigenvalue weighted by molar-refractivity contribution is -0.120. The maximum absolute atomic E-state index is 11.7. The molecule has 3 N–H and O–H groups in total. The van der Waals surface area contributed by atoms with E-state index in [9.17, 15) is 14.7 Å². The zero-order valence-corrected chi connectivity index (χ0v) is 34.0. The molecule has 0 aliphatic rings. The Hall–Kier alpha value is -3.18. The Bertz CT molecular complexity index is 1060. The molecule has 0 rings (SSSR count). The summed E-state index contributed by atoms with van der Waals surface area (Å²) in [7, 11) is 5.89. The smallest absolute Gasteiger partial charge is 0.247 e. The number of allylic oxidation sites excluding steroid dienone is 9. The van der Waals surface area contributed by atoms with Crippen molar-refractivity contribution in [1.82, 2.24) is 15.5 Å². The molecule has 0 aromatic rings. The van der Waals surface area contributed by atoms with Gasteiger partial charge in [-0.25, -0.2) is 0 Å². The topological polar surface area (TPSA) is 90.9 Å². The van der Waals surface area contributed by atoms with Crippen LogP contribution in [0.2, 0.25) is 0 Å². The van der Waals surface area contributed by atoms with E-state index in [0.29, 0.717) is 30.6 Å². The Morgan fingerprint density at radius 3 is 2.02 bits per heavy atom. The highest BCUT2D eigenvalue weighted by molar-refractivity contribution is 5.93. The molecule has 0 radical (unpaired) electrons. The molecule has 7 heteroatoms. The number of rotatable bonds is 17. The third-order valence-electron chi connectivity index (χ3n) is 6.31. The Labute approximate surface area is 303 Å². The molecule has 0 aromatic carbocycles. The molecule has 0 aromatic heterocycles. The van der Waals surface area contributed by atoms with Crippen molar-refractivity contribution in [3.8, 4) is 11.8 Å². The van der Waals surface area contributed by atoms with Gasteiger partial charge in [-0.05, 0) is 106 Å². The predicted molar refractivity (Wildman–Crippen MR) is 214 cm³/mol. The summed E-state index contributed by atoms with van der Waals surface area (Å²) >= 11 is 0. The van der Waals surface area contributed by atoms with E-state index in [4.69, 9.17) is 4.74 Å². The summed E-state index contributed by atoms with van der Waals surface area (Å²) in [6, 6.07) is 0.121. The van der Waals surface area contributed by atoms with Crippen molar-refractivity contribution in [3.05, 3.63) is 71.4 Å². The zero-order valence-electron chi connectivity index (χ0n) is 34.0. The molecule has 2 amide bonds. The number of unbranched alkanes of at least 4 members (excludes halogenated alkanes) is 2. The summed E-state index contributed by atoms with van der Waals surface area (Å²) in [5.41, 5.74) is 3.73. The average Bonchev–Trinajstić information content (AvgIpc) is 3.02. The van der Waals surface area contributed by atoms with Crippen LogP contribution in [-0.4, -0.2) is 68.4 Å². The largest absolute Gasteiger partial charge is 0.365 e. The maximum atomic E-state index is 11.7. The quantitative estimate of drug-likeness (QED) is 0.0467. The number of hydrogen-bond donors (Lipinski definition) is 3. The number of carbonyl (C=O) groups excluding carboxylic acids is 2. The monoisotopic (exact) mass is 686 g/mol. The molecule has 0 fully saturated rings. The third-order valence-corrected chi connectivity index (χ3v) is 6.31. The molecular formula is C42H75N3O4. The van der Waals surface area contributed by atoms with Crippen LogP contribution in [-0.2, 0) is 14.3 Å². The average molecular weight is 686 g/mol. The lowest BCUT2D eigenvalue weighted by Crippen LogP contribution is -2.30.